The summed E-state index contributed by atoms with van der Waals surface area (Å²) in [5.74, 6) is 0. The normalized spacial score (nSPS) is 10.5. The molecule has 0 radical (unpaired) electrons. The van der Waals surface area contributed by atoms with Gasteiger partial charge in [-0.3, -0.25) is 0 Å². The molecule has 0 bridgehead atoms. The number of rotatable bonds is 4. The summed E-state index contributed by atoms with van der Waals surface area (Å²) >= 11 is 0. The Bertz CT molecular complexity index is 101. The largest absolute Gasteiger partial charge is 1.00 e. The maximum Gasteiger partial charge on any atom is 1.00 e. The van der Waals surface area contributed by atoms with Crippen LogP contribution in [0.2, 0.25) is 0 Å². The number of aliphatic hydroxyl groups is 1. The average molecular weight is 212 g/mol. The topological polar surface area (TPSA) is 75.6 Å². The molecule has 0 aliphatic heterocycles. The Balaban J connectivity index is -0.000000405. The van der Waals surface area contributed by atoms with Crippen LogP contribution in [0, 0.1) is 5.41 Å². The minimum atomic E-state index is -2.78. The summed E-state index contributed by atoms with van der Waals surface area (Å²) in [6.45, 7) is 3.37. The van der Waals surface area contributed by atoms with E-state index in [1.54, 1.807) is 13.8 Å². The van der Waals surface area contributed by atoms with Gasteiger partial charge in [0.25, 0.3) is 0 Å². The van der Waals surface area contributed by atoms with Crippen LogP contribution in [0.5, 0.6) is 0 Å². The van der Waals surface area contributed by atoms with E-state index >= 15 is 0 Å². The molecule has 0 unspecified atom stereocenters. The number of hydrogen-bond acceptors (Lipinski definition) is 4. The van der Waals surface area contributed by atoms with E-state index in [4.69, 9.17) is 5.11 Å². The maximum atomic E-state index is 9.90. The molecule has 7 heteroatoms. The minimum Gasteiger partial charge on any atom is -0.820 e. The smallest absolute Gasteiger partial charge is 0.820 e. The SMILES string of the molecule is CC(C)(CO)COP([O-])[O-].[Na+].[Na+]. The first-order chi connectivity index (χ1) is 4.48. The van der Waals surface area contributed by atoms with Gasteiger partial charge in [-0.15, -0.1) is 0 Å². The van der Waals surface area contributed by atoms with Gasteiger partial charge in [0, 0.05) is 5.41 Å². The predicted octanol–water partition coefficient (Wildman–Crippen LogP) is -7.02. The third-order valence-electron chi connectivity index (χ3n) is 0.989. The monoisotopic (exact) mass is 212 g/mol. The van der Waals surface area contributed by atoms with Gasteiger partial charge in [0.05, 0.1) is 13.2 Å². The van der Waals surface area contributed by atoms with Crippen molar-refractivity contribution < 1.29 is 78.5 Å². The Kier molecular flexibility index (Phi) is 16.2. The van der Waals surface area contributed by atoms with Crippen LogP contribution in [0.4, 0.5) is 0 Å². The molecule has 0 aromatic carbocycles. The Labute approximate surface area is 118 Å². The molecule has 0 heterocycles. The number of hydrogen-bond donors (Lipinski definition) is 1. The Morgan fingerprint density at radius 2 is 1.75 bits per heavy atom. The van der Waals surface area contributed by atoms with E-state index in [2.05, 4.69) is 4.52 Å². The van der Waals surface area contributed by atoms with Gasteiger partial charge in [-0.05, 0) is 0 Å². The zero-order valence-corrected chi connectivity index (χ0v) is 12.9. The van der Waals surface area contributed by atoms with Gasteiger partial charge in [-0.2, -0.15) is 8.60 Å². The van der Waals surface area contributed by atoms with Crippen molar-refractivity contribution in [2.24, 2.45) is 5.41 Å². The van der Waals surface area contributed by atoms with E-state index in [0.717, 1.165) is 0 Å². The van der Waals surface area contributed by atoms with Crippen LogP contribution < -0.4 is 68.9 Å². The fourth-order valence-corrected chi connectivity index (χ4v) is 0.728. The van der Waals surface area contributed by atoms with E-state index in [-0.39, 0.29) is 72.3 Å². The molecule has 0 amide bonds. The van der Waals surface area contributed by atoms with Crippen molar-refractivity contribution in [1.82, 2.24) is 0 Å². The van der Waals surface area contributed by atoms with Crippen molar-refractivity contribution >= 4 is 8.60 Å². The molecule has 0 fully saturated rings. The second-order valence-electron chi connectivity index (χ2n) is 2.82. The van der Waals surface area contributed by atoms with Gasteiger partial charge in [0.15, 0.2) is 0 Å². The predicted molar refractivity (Wildman–Crippen MR) is 33.7 cm³/mol. The molecule has 0 aromatic heterocycles. The third kappa shape index (κ3) is 12.3. The van der Waals surface area contributed by atoms with Gasteiger partial charge < -0.3 is 19.4 Å². The van der Waals surface area contributed by atoms with E-state index in [0.29, 0.717) is 0 Å². The molecular weight excluding hydrogens is 201 g/mol. The zero-order valence-electron chi connectivity index (χ0n) is 8.03. The van der Waals surface area contributed by atoms with Crippen LogP contribution in [-0.4, -0.2) is 18.3 Å². The standard InChI is InChI=1S/C5H11O4P.2Na/c1-5(2,3-6)4-9-10(7)8;;/h6H,3-4H2,1-2H3;;/q-2;2*+1. The fourth-order valence-electron chi connectivity index (χ4n) is 0.273. The quantitative estimate of drug-likeness (QED) is 0.371. The van der Waals surface area contributed by atoms with Crippen molar-refractivity contribution in [1.29, 1.82) is 0 Å². The van der Waals surface area contributed by atoms with Gasteiger partial charge >= 0.3 is 59.1 Å². The molecule has 0 aliphatic carbocycles. The molecular formula is C5H11Na2O4P. The van der Waals surface area contributed by atoms with Crippen LogP contribution in [0.3, 0.4) is 0 Å². The molecule has 0 aromatic rings. The van der Waals surface area contributed by atoms with Crippen LogP contribution >= 0.6 is 8.60 Å². The molecule has 0 atom stereocenters. The Morgan fingerprint density at radius 1 is 1.33 bits per heavy atom. The molecule has 4 nitrogen and oxygen atoms in total. The van der Waals surface area contributed by atoms with E-state index < -0.39 is 14.0 Å². The summed E-state index contributed by atoms with van der Waals surface area (Å²) in [4.78, 5) is 19.8. The van der Waals surface area contributed by atoms with Gasteiger partial charge in [0.2, 0.25) is 0 Å². The molecule has 62 valence electrons. The molecule has 0 saturated heterocycles. The number of aliphatic hydroxyl groups excluding tert-OH is 1. The van der Waals surface area contributed by atoms with Crippen molar-refractivity contribution in [3.63, 3.8) is 0 Å². The van der Waals surface area contributed by atoms with Crippen molar-refractivity contribution in [2.45, 2.75) is 13.8 Å². The first kappa shape index (κ1) is 19.8. The average Bonchev–Trinajstić information content (AvgIpc) is 1.85. The van der Waals surface area contributed by atoms with E-state index in [1.165, 1.54) is 0 Å². The van der Waals surface area contributed by atoms with Crippen LogP contribution in [0.15, 0.2) is 0 Å². The summed E-state index contributed by atoms with van der Waals surface area (Å²) in [7, 11) is -2.78. The van der Waals surface area contributed by atoms with Gasteiger partial charge in [-0.25, -0.2) is 0 Å². The molecule has 0 aliphatic rings. The first-order valence-electron chi connectivity index (χ1n) is 2.86. The zero-order chi connectivity index (χ0) is 8.20. The Hall–Kier alpha value is 2.27. The third-order valence-corrected chi connectivity index (χ3v) is 1.33. The Morgan fingerprint density at radius 3 is 2.00 bits per heavy atom. The summed E-state index contributed by atoms with van der Waals surface area (Å²) in [5.41, 5.74) is -0.477. The van der Waals surface area contributed by atoms with Gasteiger partial charge in [-0.1, -0.05) is 13.8 Å². The summed E-state index contributed by atoms with van der Waals surface area (Å²) < 4.78 is 4.29. The minimum absolute atomic E-state index is 0. The van der Waals surface area contributed by atoms with Crippen LogP contribution in [0.25, 0.3) is 0 Å². The van der Waals surface area contributed by atoms with E-state index in [1.807, 2.05) is 0 Å². The summed E-state index contributed by atoms with van der Waals surface area (Å²) in [6.07, 6.45) is 0. The molecule has 1 N–H and O–H groups in total. The van der Waals surface area contributed by atoms with Crippen molar-refractivity contribution in [3.05, 3.63) is 0 Å². The fraction of sp³-hybridized carbons (Fsp3) is 1.00. The van der Waals surface area contributed by atoms with Crippen molar-refractivity contribution in [2.75, 3.05) is 13.2 Å². The first-order valence-corrected chi connectivity index (χ1v) is 3.96. The molecule has 0 spiro atoms. The van der Waals surface area contributed by atoms with Crippen LogP contribution in [0.1, 0.15) is 13.8 Å². The second-order valence-corrected chi connectivity index (χ2v) is 3.52. The molecule has 12 heavy (non-hydrogen) atoms. The summed E-state index contributed by atoms with van der Waals surface area (Å²) in [5, 5.41) is 8.63. The second kappa shape index (κ2) is 9.81. The molecule has 0 rings (SSSR count). The molecule has 0 saturated carbocycles. The van der Waals surface area contributed by atoms with Crippen LogP contribution in [-0.2, 0) is 4.52 Å². The summed E-state index contributed by atoms with van der Waals surface area (Å²) in [6, 6.07) is 0. The van der Waals surface area contributed by atoms with Crippen molar-refractivity contribution in [3.8, 4) is 0 Å². The van der Waals surface area contributed by atoms with E-state index in [9.17, 15) is 9.79 Å². The van der Waals surface area contributed by atoms with Gasteiger partial charge in [0.1, 0.15) is 0 Å². The maximum absolute atomic E-state index is 9.90.